The minimum Gasteiger partial charge on any atom is -0.501 e. The van der Waals surface area contributed by atoms with E-state index in [2.05, 4.69) is 20.8 Å². The predicted octanol–water partition coefficient (Wildman–Crippen LogP) is 4.29. The Labute approximate surface area is 83.2 Å². The molecule has 0 aliphatic rings. The molecule has 0 saturated heterocycles. The van der Waals surface area contributed by atoms with Crippen LogP contribution in [0, 0.1) is 0 Å². The second-order valence-corrected chi connectivity index (χ2v) is 3.46. The molecule has 0 saturated carbocycles. The number of hydrogen-bond acceptors (Lipinski definition) is 1. The third kappa shape index (κ3) is 7.89. The molecule has 1 heteroatoms. The molecule has 0 aliphatic heterocycles. The molecule has 0 bridgehead atoms. The first-order chi connectivity index (χ1) is 6.35. The zero-order chi connectivity index (χ0) is 9.94. The lowest BCUT2D eigenvalue weighted by Gasteiger charge is -2.04. The second-order valence-electron chi connectivity index (χ2n) is 3.46. The van der Waals surface area contributed by atoms with E-state index >= 15 is 0 Å². The molecule has 0 fully saturated rings. The van der Waals surface area contributed by atoms with Crippen LogP contribution in [0.2, 0.25) is 0 Å². The molecule has 0 amide bonds. The molecule has 1 nitrogen and oxygen atoms in total. The average Bonchev–Trinajstić information content (AvgIpc) is 2.17. The van der Waals surface area contributed by atoms with Gasteiger partial charge in [-0.1, -0.05) is 33.6 Å². The number of unbranched alkanes of at least 4 members (excludes halogenated alkanes) is 2. The van der Waals surface area contributed by atoms with Crippen molar-refractivity contribution in [3.8, 4) is 0 Å². The average molecular weight is 184 g/mol. The zero-order valence-corrected chi connectivity index (χ0v) is 9.44. The fraction of sp³-hybridized carbons (Fsp3) is 0.833. The summed E-state index contributed by atoms with van der Waals surface area (Å²) in [5.74, 6) is 0. The van der Waals surface area contributed by atoms with Crippen LogP contribution in [0.5, 0.6) is 0 Å². The zero-order valence-electron chi connectivity index (χ0n) is 9.44. The first-order valence-corrected chi connectivity index (χ1v) is 5.64. The first-order valence-electron chi connectivity index (χ1n) is 5.64. The van der Waals surface area contributed by atoms with E-state index in [0.717, 1.165) is 13.0 Å². The molecular weight excluding hydrogens is 160 g/mol. The van der Waals surface area contributed by atoms with E-state index in [4.69, 9.17) is 4.74 Å². The van der Waals surface area contributed by atoms with Gasteiger partial charge in [-0.25, -0.2) is 0 Å². The Kier molecular flexibility index (Phi) is 9.29. The normalized spacial score (nSPS) is 11.8. The molecule has 0 atom stereocenters. The van der Waals surface area contributed by atoms with Crippen LogP contribution in [0.3, 0.4) is 0 Å². The van der Waals surface area contributed by atoms with Gasteiger partial charge in [0, 0.05) is 0 Å². The lowest BCUT2D eigenvalue weighted by atomic mass is 10.1. The van der Waals surface area contributed by atoms with Gasteiger partial charge in [0.1, 0.15) is 0 Å². The SMILES string of the molecule is CCCCOC=C(CC)CCCC. The number of hydrogen-bond donors (Lipinski definition) is 0. The van der Waals surface area contributed by atoms with Crippen molar-refractivity contribution in [1.29, 1.82) is 0 Å². The Morgan fingerprint density at radius 3 is 2.31 bits per heavy atom. The van der Waals surface area contributed by atoms with Crippen molar-refractivity contribution in [3.63, 3.8) is 0 Å². The van der Waals surface area contributed by atoms with E-state index in [9.17, 15) is 0 Å². The Bertz CT molecular complexity index is 127. The van der Waals surface area contributed by atoms with Crippen LogP contribution >= 0.6 is 0 Å². The third-order valence-corrected chi connectivity index (χ3v) is 2.17. The van der Waals surface area contributed by atoms with Gasteiger partial charge < -0.3 is 4.74 Å². The third-order valence-electron chi connectivity index (χ3n) is 2.17. The Morgan fingerprint density at radius 1 is 1.08 bits per heavy atom. The van der Waals surface area contributed by atoms with Crippen LogP contribution in [0.4, 0.5) is 0 Å². The van der Waals surface area contributed by atoms with Crippen molar-refractivity contribution in [2.75, 3.05) is 6.61 Å². The summed E-state index contributed by atoms with van der Waals surface area (Å²) in [4.78, 5) is 0. The van der Waals surface area contributed by atoms with Gasteiger partial charge in [-0.05, 0) is 31.3 Å². The monoisotopic (exact) mass is 184 g/mol. The summed E-state index contributed by atoms with van der Waals surface area (Å²) in [5, 5.41) is 0. The second kappa shape index (κ2) is 9.63. The van der Waals surface area contributed by atoms with Crippen molar-refractivity contribution < 1.29 is 4.74 Å². The highest BCUT2D eigenvalue weighted by Crippen LogP contribution is 2.11. The van der Waals surface area contributed by atoms with Gasteiger partial charge in [-0.15, -0.1) is 0 Å². The number of ether oxygens (including phenoxy) is 1. The molecule has 78 valence electrons. The Balaban J connectivity index is 3.52. The number of allylic oxidation sites excluding steroid dienone is 1. The molecule has 0 unspecified atom stereocenters. The fourth-order valence-electron chi connectivity index (χ4n) is 1.13. The van der Waals surface area contributed by atoms with Crippen LogP contribution in [0.15, 0.2) is 11.8 Å². The molecule has 0 radical (unpaired) electrons. The summed E-state index contributed by atoms with van der Waals surface area (Å²) in [6.07, 6.45) is 9.26. The van der Waals surface area contributed by atoms with Crippen molar-refractivity contribution >= 4 is 0 Å². The predicted molar refractivity (Wildman–Crippen MR) is 58.8 cm³/mol. The minimum absolute atomic E-state index is 0.881. The standard InChI is InChI=1S/C12H24O/c1-4-7-9-12(6-3)11-13-10-8-5-2/h11H,4-10H2,1-3H3. The summed E-state index contributed by atoms with van der Waals surface area (Å²) in [6.45, 7) is 7.49. The summed E-state index contributed by atoms with van der Waals surface area (Å²) >= 11 is 0. The topological polar surface area (TPSA) is 9.23 Å². The van der Waals surface area contributed by atoms with Gasteiger partial charge in [0.05, 0.1) is 12.9 Å². The lowest BCUT2D eigenvalue weighted by molar-refractivity contribution is 0.239. The van der Waals surface area contributed by atoms with E-state index in [1.807, 2.05) is 6.26 Å². The fourth-order valence-corrected chi connectivity index (χ4v) is 1.13. The van der Waals surface area contributed by atoms with Gasteiger partial charge in [-0.2, -0.15) is 0 Å². The molecule has 0 aliphatic carbocycles. The Morgan fingerprint density at radius 2 is 1.77 bits per heavy atom. The summed E-state index contributed by atoms with van der Waals surface area (Å²) in [5.41, 5.74) is 1.46. The quantitative estimate of drug-likeness (QED) is 0.404. The molecule has 0 heterocycles. The molecule has 13 heavy (non-hydrogen) atoms. The van der Waals surface area contributed by atoms with Crippen LogP contribution in [-0.4, -0.2) is 6.61 Å². The van der Waals surface area contributed by atoms with E-state index in [1.165, 1.54) is 37.7 Å². The van der Waals surface area contributed by atoms with Crippen LogP contribution in [0.25, 0.3) is 0 Å². The lowest BCUT2D eigenvalue weighted by Crippen LogP contribution is -1.89. The molecule has 0 rings (SSSR count). The molecule has 0 aromatic carbocycles. The molecule has 0 N–H and O–H groups in total. The maximum atomic E-state index is 5.46. The molecular formula is C12H24O. The van der Waals surface area contributed by atoms with Crippen LogP contribution < -0.4 is 0 Å². The van der Waals surface area contributed by atoms with E-state index < -0.39 is 0 Å². The van der Waals surface area contributed by atoms with Crippen molar-refractivity contribution in [2.24, 2.45) is 0 Å². The molecule has 0 spiro atoms. The summed E-state index contributed by atoms with van der Waals surface area (Å²) in [7, 11) is 0. The first kappa shape index (κ1) is 12.5. The highest BCUT2D eigenvalue weighted by atomic mass is 16.5. The van der Waals surface area contributed by atoms with Crippen molar-refractivity contribution in [1.82, 2.24) is 0 Å². The maximum Gasteiger partial charge on any atom is 0.0873 e. The van der Waals surface area contributed by atoms with Crippen LogP contribution in [-0.2, 0) is 4.74 Å². The van der Waals surface area contributed by atoms with Crippen molar-refractivity contribution in [2.45, 2.75) is 59.3 Å². The van der Waals surface area contributed by atoms with E-state index in [1.54, 1.807) is 0 Å². The Hall–Kier alpha value is -0.460. The van der Waals surface area contributed by atoms with Crippen LogP contribution in [0.1, 0.15) is 59.3 Å². The number of rotatable bonds is 8. The van der Waals surface area contributed by atoms with E-state index in [0.29, 0.717) is 0 Å². The van der Waals surface area contributed by atoms with Crippen molar-refractivity contribution in [3.05, 3.63) is 11.8 Å². The maximum absolute atomic E-state index is 5.46. The van der Waals surface area contributed by atoms with Gasteiger partial charge in [0.15, 0.2) is 0 Å². The van der Waals surface area contributed by atoms with Gasteiger partial charge in [-0.3, -0.25) is 0 Å². The molecule has 0 aromatic rings. The van der Waals surface area contributed by atoms with Gasteiger partial charge in [0.25, 0.3) is 0 Å². The van der Waals surface area contributed by atoms with Gasteiger partial charge >= 0.3 is 0 Å². The highest BCUT2D eigenvalue weighted by molar-refractivity contribution is 4.96. The smallest absolute Gasteiger partial charge is 0.0873 e. The van der Waals surface area contributed by atoms with Gasteiger partial charge in [0.2, 0.25) is 0 Å². The summed E-state index contributed by atoms with van der Waals surface area (Å²) in [6, 6.07) is 0. The largest absolute Gasteiger partial charge is 0.501 e. The summed E-state index contributed by atoms with van der Waals surface area (Å²) < 4.78 is 5.46. The molecule has 0 aromatic heterocycles. The minimum atomic E-state index is 0.881. The van der Waals surface area contributed by atoms with E-state index in [-0.39, 0.29) is 0 Å². The highest BCUT2D eigenvalue weighted by Gasteiger charge is 1.93.